The van der Waals surface area contributed by atoms with Crippen LogP contribution in [0.15, 0.2) is 22.7 Å². The maximum absolute atomic E-state index is 14.3. The molecule has 1 saturated carbocycles. The van der Waals surface area contributed by atoms with Crippen LogP contribution in [0.2, 0.25) is 0 Å². The highest BCUT2D eigenvalue weighted by Crippen LogP contribution is 2.46. The molecule has 6 nitrogen and oxygen atoms in total. The second-order valence-corrected chi connectivity index (χ2v) is 9.23. The summed E-state index contributed by atoms with van der Waals surface area (Å²) in [7, 11) is 0. The van der Waals surface area contributed by atoms with Gasteiger partial charge in [0, 0.05) is 32.2 Å². The van der Waals surface area contributed by atoms with Crippen LogP contribution in [-0.2, 0) is 10.2 Å². The van der Waals surface area contributed by atoms with Crippen LogP contribution >= 0.6 is 0 Å². The minimum absolute atomic E-state index is 0.204. The number of aromatic nitrogens is 2. The van der Waals surface area contributed by atoms with Gasteiger partial charge in [-0.05, 0) is 56.2 Å². The SMILES string of the molecule is O=C(c1cc(F)ccc1F)N1CCCC(CC2CC2)(c2noc(C3CCOCC3)n2)C1. The standard InChI is InChI=1S/C23H27F2N3O3/c24-17-4-5-19(25)18(12-17)21(29)28-9-1-8-23(14-28,13-15-2-3-15)22-26-20(31-27-22)16-6-10-30-11-7-16/h4-5,12,15-16H,1-3,6-11,13-14H2. The zero-order valence-corrected chi connectivity index (χ0v) is 17.5. The zero-order chi connectivity index (χ0) is 21.4. The molecule has 1 aromatic heterocycles. The summed E-state index contributed by atoms with van der Waals surface area (Å²) in [6.07, 6.45) is 6.55. The molecule has 0 spiro atoms. The quantitative estimate of drug-likeness (QED) is 0.709. The third kappa shape index (κ3) is 4.22. The molecule has 0 radical (unpaired) electrons. The number of benzene rings is 1. The largest absolute Gasteiger partial charge is 0.381 e. The minimum atomic E-state index is -0.703. The predicted molar refractivity (Wildman–Crippen MR) is 108 cm³/mol. The fraction of sp³-hybridized carbons (Fsp3) is 0.609. The Balaban J connectivity index is 1.42. The van der Waals surface area contributed by atoms with Gasteiger partial charge in [0.05, 0.1) is 11.0 Å². The number of hydrogen-bond acceptors (Lipinski definition) is 5. The van der Waals surface area contributed by atoms with Crippen molar-refractivity contribution in [2.75, 3.05) is 26.3 Å². The average Bonchev–Trinajstić information content (AvgIpc) is 3.45. The predicted octanol–water partition coefficient (Wildman–Crippen LogP) is 4.22. The molecule has 3 fully saturated rings. The van der Waals surface area contributed by atoms with Crippen molar-refractivity contribution < 1.29 is 22.8 Å². The van der Waals surface area contributed by atoms with E-state index >= 15 is 0 Å². The number of halogens is 2. The molecule has 8 heteroatoms. The first kappa shape index (κ1) is 20.5. The maximum atomic E-state index is 14.3. The highest BCUT2D eigenvalue weighted by Gasteiger charge is 2.46. The molecule has 1 aromatic carbocycles. The molecule has 166 valence electrons. The fourth-order valence-electron chi connectivity index (χ4n) is 5.01. The van der Waals surface area contributed by atoms with Crippen molar-refractivity contribution in [1.29, 1.82) is 0 Å². The molecule has 2 aliphatic heterocycles. The Morgan fingerprint density at radius 1 is 1.19 bits per heavy atom. The van der Waals surface area contributed by atoms with Crippen LogP contribution in [0.3, 0.4) is 0 Å². The Morgan fingerprint density at radius 2 is 2.00 bits per heavy atom. The topological polar surface area (TPSA) is 68.5 Å². The molecule has 1 amide bonds. The van der Waals surface area contributed by atoms with Crippen molar-refractivity contribution in [2.24, 2.45) is 5.92 Å². The van der Waals surface area contributed by atoms with Crippen molar-refractivity contribution in [3.8, 4) is 0 Å². The molecule has 5 rings (SSSR count). The van der Waals surface area contributed by atoms with Gasteiger partial charge in [-0.25, -0.2) is 8.78 Å². The molecule has 1 atom stereocenters. The monoisotopic (exact) mass is 431 g/mol. The first-order chi connectivity index (χ1) is 15.0. The lowest BCUT2D eigenvalue weighted by Crippen LogP contribution is -2.49. The van der Waals surface area contributed by atoms with Gasteiger partial charge in [-0.15, -0.1) is 0 Å². The number of amides is 1. The Hall–Kier alpha value is -2.35. The third-order valence-corrected chi connectivity index (χ3v) is 6.89. The summed E-state index contributed by atoms with van der Waals surface area (Å²) in [4.78, 5) is 19.5. The van der Waals surface area contributed by atoms with Crippen LogP contribution in [0.5, 0.6) is 0 Å². The van der Waals surface area contributed by atoms with Crippen LogP contribution in [-0.4, -0.2) is 47.3 Å². The normalized spacial score (nSPS) is 25.0. The van der Waals surface area contributed by atoms with Gasteiger partial charge in [0.1, 0.15) is 11.6 Å². The van der Waals surface area contributed by atoms with Crippen LogP contribution < -0.4 is 0 Å². The van der Waals surface area contributed by atoms with E-state index in [0.717, 1.165) is 50.3 Å². The van der Waals surface area contributed by atoms with E-state index in [1.54, 1.807) is 4.90 Å². The molecular formula is C23H27F2N3O3. The molecular weight excluding hydrogens is 404 g/mol. The Bertz CT molecular complexity index is 955. The van der Waals surface area contributed by atoms with Crippen LogP contribution in [0, 0.1) is 17.6 Å². The van der Waals surface area contributed by atoms with Gasteiger partial charge in [-0.1, -0.05) is 18.0 Å². The van der Waals surface area contributed by atoms with Gasteiger partial charge >= 0.3 is 0 Å². The Kier molecular flexibility index (Phi) is 5.50. The number of carbonyl (C=O) groups is 1. The van der Waals surface area contributed by atoms with Crippen LogP contribution in [0.4, 0.5) is 8.78 Å². The molecule has 1 unspecified atom stereocenters. The van der Waals surface area contributed by atoms with Crippen molar-refractivity contribution in [3.63, 3.8) is 0 Å². The van der Waals surface area contributed by atoms with Gasteiger partial charge in [-0.2, -0.15) is 4.98 Å². The number of piperidine rings is 1. The van der Waals surface area contributed by atoms with Gasteiger partial charge in [0.2, 0.25) is 5.89 Å². The van der Waals surface area contributed by atoms with Crippen LogP contribution in [0.25, 0.3) is 0 Å². The van der Waals surface area contributed by atoms with Gasteiger partial charge in [0.15, 0.2) is 5.82 Å². The van der Waals surface area contributed by atoms with E-state index in [1.807, 2.05) is 0 Å². The summed E-state index contributed by atoms with van der Waals surface area (Å²) in [6, 6.07) is 3.01. The lowest BCUT2D eigenvalue weighted by Gasteiger charge is -2.41. The minimum Gasteiger partial charge on any atom is -0.381 e. The van der Waals surface area contributed by atoms with E-state index in [4.69, 9.17) is 14.2 Å². The highest BCUT2D eigenvalue weighted by atomic mass is 19.1. The van der Waals surface area contributed by atoms with Crippen molar-refractivity contribution >= 4 is 5.91 Å². The maximum Gasteiger partial charge on any atom is 0.256 e. The lowest BCUT2D eigenvalue weighted by molar-refractivity contribution is 0.0602. The summed E-state index contributed by atoms with van der Waals surface area (Å²) in [5.41, 5.74) is -0.635. The molecule has 0 N–H and O–H groups in total. The summed E-state index contributed by atoms with van der Waals surface area (Å²) in [6.45, 7) is 2.28. The molecule has 2 saturated heterocycles. The molecule has 0 bridgehead atoms. The number of ether oxygens (including phenoxy) is 1. The third-order valence-electron chi connectivity index (χ3n) is 6.89. The molecule has 3 aliphatic rings. The molecule has 2 aromatic rings. The number of nitrogens with zero attached hydrogens (tertiary/aromatic N) is 3. The smallest absolute Gasteiger partial charge is 0.256 e. The molecule has 3 heterocycles. The van der Waals surface area contributed by atoms with Crippen molar-refractivity contribution in [2.45, 2.75) is 56.3 Å². The summed E-state index contributed by atoms with van der Waals surface area (Å²) in [5, 5.41) is 4.37. The van der Waals surface area contributed by atoms with E-state index in [2.05, 4.69) is 5.16 Å². The highest BCUT2D eigenvalue weighted by molar-refractivity contribution is 5.94. The second kappa shape index (κ2) is 8.30. The Labute approximate surface area is 179 Å². The van der Waals surface area contributed by atoms with E-state index in [1.165, 1.54) is 12.8 Å². The zero-order valence-electron chi connectivity index (χ0n) is 17.5. The lowest BCUT2D eigenvalue weighted by atomic mass is 9.74. The summed E-state index contributed by atoms with van der Waals surface area (Å²) >= 11 is 0. The van der Waals surface area contributed by atoms with E-state index in [9.17, 15) is 13.6 Å². The van der Waals surface area contributed by atoms with Crippen molar-refractivity contribution in [1.82, 2.24) is 15.0 Å². The summed E-state index contributed by atoms with van der Waals surface area (Å²) < 4.78 is 39.0. The van der Waals surface area contributed by atoms with E-state index in [-0.39, 0.29) is 11.5 Å². The average molecular weight is 431 g/mol. The first-order valence-corrected chi connectivity index (χ1v) is 11.2. The van der Waals surface area contributed by atoms with E-state index < -0.39 is 23.0 Å². The Morgan fingerprint density at radius 3 is 2.77 bits per heavy atom. The number of likely N-dealkylation sites (tertiary alicyclic amines) is 1. The summed E-state index contributed by atoms with van der Waals surface area (Å²) in [5.74, 6) is 0.286. The number of hydrogen-bond donors (Lipinski definition) is 0. The second-order valence-electron chi connectivity index (χ2n) is 9.23. The van der Waals surface area contributed by atoms with Gasteiger partial charge < -0.3 is 14.2 Å². The molecule has 31 heavy (non-hydrogen) atoms. The van der Waals surface area contributed by atoms with Gasteiger partial charge in [-0.3, -0.25) is 4.79 Å². The number of rotatable bonds is 5. The van der Waals surface area contributed by atoms with Crippen molar-refractivity contribution in [3.05, 3.63) is 47.1 Å². The van der Waals surface area contributed by atoms with E-state index in [0.29, 0.717) is 43.9 Å². The molecule has 1 aliphatic carbocycles. The fourth-order valence-corrected chi connectivity index (χ4v) is 5.01. The first-order valence-electron chi connectivity index (χ1n) is 11.2. The van der Waals surface area contributed by atoms with Crippen LogP contribution in [0.1, 0.15) is 72.9 Å². The van der Waals surface area contributed by atoms with Gasteiger partial charge in [0.25, 0.3) is 5.91 Å². The number of carbonyl (C=O) groups excluding carboxylic acids is 1.